The van der Waals surface area contributed by atoms with E-state index in [4.69, 9.17) is 21.1 Å². The lowest BCUT2D eigenvalue weighted by Gasteiger charge is -2.27. The summed E-state index contributed by atoms with van der Waals surface area (Å²) in [6.45, 7) is 6.15. The van der Waals surface area contributed by atoms with Gasteiger partial charge in [0.25, 0.3) is 11.7 Å². The Morgan fingerprint density at radius 1 is 1.00 bits per heavy atom. The second kappa shape index (κ2) is 10.3. The van der Waals surface area contributed by atoms with Gasteiger partial charge in [0, 0.05) is 16.3 Å². The second-order valence-electron chi connectivity index (χ2n) is 8.22. The highest BCUT2D eigenvalue weighted by molar-refractivity contribution is 6.52. The molecule has 1 saturated heterocycles. The first-order valence-electron chi connectivity index (χ1n) is 11.5. The van der Waals surface area contributed by atoms with Crippen LogP contribution >= 0.6 is 11.6 Å². The summed E-state index contributed by atoms with van der Waals surface area (Å²) >= 11 is 6.25. The number of nitrogens with zero attached hydrogens (tertiary/aromatic N) is 1. The number of rotatable bonds is 7. The van der Waals surface area contributed by atoms with Crippen molar-refractivity contribution in [2.24, 2.45) is 0 Å². The SMILES string of the molecule is CCOc1cccc(/C(O)=C2\C(=O)C(=O)N(c3cc(Cl)ccc3C)C2c2ccc(O)c(OCC)c2)c1. The molecule has 1 heterocycles. The number of aliphatic hydroxyl groups is 1. The number of ether oxygens (including phenoxy) is 2. The molecule has 0 spiro atoms. The fraction of sp³-hybridized carbons (Fsp3) is 0.214. The van der Waals surface area contributed by atoms with Gasteiger partial charge in [0.15, 0.2) is 11.5 Å². The predicted molar refractivity (Wildman–Crippen MR) is 138 cm³/mol. The van der Waals surface area contributed by atoms with Crippen LogP contribution in [0.4, 0.5) is 5.69 Å². The van der Waals surface area contributed by atoms with Gasteiger partial charge < -0.3 is 19.7 Å². The number of phenols is 1. The smallest absolute Gasteiger partial charge is 0.300 e. The van der Waals surface area contributed by atoms with Crippen LogP contribution in [0.1, 0.15) is 36.6 Å². The average Bonchev–Trinajstić information content (AvgIpc) is 3.12. The van der Waals surface area contributed by atoms with Crippen molar-refractivity contribution in [3.63, 3.8) is 0 Å². The molecule has 1 aliphatic rings. The van der Waals surface area contributed by atoms with E-state index >= 15 is 0 Å². The van der Waals surface area contributed by atoms with E-state index in [0.717, 1.165) is 0 Å². The van der Waals surface area contributed by atoms with Crippen LogP contribution in [-0.2, 0) is 9.59 Å². The number of aromatic hydroxyl groups is 1. The molecule has 1 fully saturated rings. The van der Waals surface area contributed by atoms with Gasteiger partial charge in [-0.3, -0.25) is 14.5 Å². The summed E-state index contributed by atoms with van der Waals surface area (Å²) in [5.41, 5.74) is 1.85. The Kier molecular flexibility index (Phi) is 7.22. The third-order valence-corrected chi connectivity index (χ3v) is 6.13. The molecule has 3 aromatic carbocycles. The third kappa shape index (κ3) is 4.62. The molecule has 4 rings (SSSR count). The maximum atomic E-state index is 13.4. The summed E-state index contributed by atoms with van der Waals surface area (Å²) < 4.78 is 11.1. The quantitative estimate of drug-likeness (QED) is 0.239. The molecule has 1 unspecified atom stereocenters. The number of amides is 1. The van der Waals surface area contributed by atoms with Gasteiger partial charge in [0.05, 0.1) is 24.8 Å². The largest absolute Gasteiger partial charge is 0.507 e. The molecule has 186 valence electrons. The molecule has 0 aromatic heterocycles. The second-order valence-corrected chi connectivity index (χ2v) is 8.66. The molecule has 36 heavy (non-hydrogen) atoms. The van der Waals surface area contributed by atoms with Crippen LogP contribution in [0.3, 0.4) is 0 Å². The molecular weight excluding hydrogens is 482 g/mol. The minimum absolute atomic E-state index is 0.0825. The fourth-order valence-electron chi connectivity index (χ4n) is 4.27. The number of carbonyl (C=O) groups is 2. The molecular formula is C28H26ClNO6. The van der Waals surface area contributed by atoms with Crippen LogP contribution < -0.4 is 14.4 Å². The Morgan fingerprint density at radius 3 is 2.47 bits per heavy atom. The highest BCUT2D eigenvalue weighted by atomic mass is 35.5. The fourth-order valence-corrected chi connectivity index (χ4v) is 4.43. The van der Waals surface area contributed by atoms with Gasteiger partial charge in [-0.05, 0) is 68.3 Å². The van der Waals surface area contributed by atoms with Crippen molar-refractivity contribution in [1.82, 2.24) is 0 Å². The van der Waals surface area contributed by atoms with Crippen LogP contribution in [0.15, 0.2) is 66.2 Å². The van der Waals surface area contributed by atoms with Crippen LogP contribution in [0.25, 0.3) is 5.76 Å². The Balaban J connectivity index is 1.98. The van der Waals surface area contributed by atoms with Crippen molar-refractivity contribution in [1.29, 1.82) is 0 Å². The number of carbonyl (C=O) groups excluding carboxylic acids is 2. The van der Waals surface area contributed by atoms with Gasteiger partial charge in [0.2, 0.25) is 0 Å². The number of phenolic OH excluding ortho intramolecular Hbond substituents is 1. The van der Waals surface area contributed by atoms with E-state index in [9.17, 15) is 19.8 Å². The topological polar surface area (TPSA) is 96.3 Å². The summed E-state index contributed by atoms with van der Waals surface area (Å²) in [5.74, 6) is -1.36. The molecule has 0 aliphatic carbocycles. The molecule has 0 saturated carbocycles. The van der Waals surface area contributed by atoms with Gasteiger partial charge in [0.1, 0.15) is 11.5 Å². The first-order valence-corrected chi connectivity index (χ1v) is 11.9. The Hall–Kier alpha value is -3.97. The van der Waals surface area contributed by atoms with Crippen molar-refractivity contribution in [2.75, 3.05) is 18.1 Å². The zero-order chi connectivity index (χ0) is 26.0. The van der Waals surface area contributed by atoms with Crippen molar-refractivity contribution < 1.29 is 29.3 Å². The van der Waals surface area contributed by atoms with Crippen LogP contribution in [0, 0.1) is 6.92 Å². The summed E-state index contributed by atoms with van der Waals surface area (Å²) in [4.78, 5) is 28.2. The lowest BCUT2D eigenvalue weighted by atomic mass is 9.94. The number of ketones is 1. The normalized spacial score (nSPS) is 16.9. The maximum absolute atomic E-state index is 13.4. The van der Waals surface area contributed by atoms with Crippen molar-refractivity contribution in [2.45, 2.75) is 26.8 Å². The summed E-state index contributed by atoms with van der Waals surface area (Å²) in [5, 5.41) is 22.0. The van der Waals surface area contributed by atoms with E-state index in [0.29, 0.717) is 46.4 Å². The number of aryl methyl sites for hydroxylation is 1. The average molecular weight is 508 g/mol. The maximum Gasteiger partial charge on any atom is 0.300 e. The molecule has 1 amide bonds. The summed E-state index contributed by atoms with van der Waals surface area (Å²) in [6, 6.07) is 15.3. The van der Waals surface area contributed by atoms with Crippen LogP contribution in [0.2, 0.25) is 5.02 Å². The number of hydrogen-bond donors (Lipinski definition) is 2. The number of anilines is 1. The van der Waals surface area contributed by atoms with E-state index in [-0.39, 0.29) is 22.8 Å². The number of aliphatic hydroxyl groups excluding tert-OH is 1. The van der Waals surface area contributed by atoms with E-state index < -0.39 is 17.7 Å². The van der Waals surface area contributed by atoms with Gasteiger partial charge in [-0.2, -0.15) is 0 Å². The molecule has 1 atom stereocenters. The van der Waals surface area contributed by atoms with E-state index in [1.54, 1.807) is 68.4 Å². The van der Waals surface area contributed by atoms with Crippen LogP contribution in [-0.4, -0.2) is 35.1 Å². The standard InChI is InChI=1S/C28H26ClNO6/c1-4-35-20-8-6-7-18(13-20)26(32)24-25(17-10-12-22(31)23(14-17)36-5-2)30(28(34)27(24)33)21-15-19(29)11-9-16(21)3/h6-15,25,31-32H,4-5H2,1-3H3/b26-24+. The minimum atomic E-state index is -1.00. The Bertz CT molecular complexity index is 1370. The van der Waals surface area contributed by atoms with E-state index in [2.05, 4.69) is 0 Å². The number of benzene rings is 3. The lowest BCUT2D eigenvalue weighted by Crippen LogP contribution is -2.30. The monoisotopic (exact) mass is 507 g/mol. The predicted octanol–water partition coefficient (Wildman–Crippen LogP) is 5.78. The number of Topliss-reactive ketones (excluding diaryl/α,β-unsaturated/α-hetero) is 1. The van der Waals surface area contributed by atoms with Gasteiger partial charge in [-0.25, -0.2) is 0 Å². The highest BCUT2D eigenvalue weighted by Crippen LogP contribution is 2.45. The molecule has 2 N–H and O–H groups in total. The van der Waals surface area contributed by atoms with Crippen molar-refractivity contribution in [3.8, 4) is 17.2 Å². The first kappa shape index (κ1) is 25.1. The number of halogens is 1. The van der Waals surface area contributed by atoms with Gasteiger partial charge in [-0.1, -0.05) is 35.9 Å². The van der Waals surface area contributed by atoms with Crippen molar-refractivity contribution >= 4 is 34.7 Å². The van der Waals surface area contributed by atoms with Crippen LogP contribution in [0.5, 0.6) is 17.2 Å². The Labute approximate surface area is 214 Å². The summed E-state index contributed by atoms with van der Waals surface area (Å²) in [6.07, 6.45) is 0. The third-order valence-electron chi connectivity index (χ3n) is 5.89. The van der Waals surface area contributed by atoms with Gasteiger partial charge >= 0.3 is 0 Å². The molecule has 8 heteroatoms. The first-order chi connectivity index (χ1) is 17.3. The zero-order valence-electron chi connectivity index (χ0n) is 20.1. The van der Waals surface area contributed by atoms with Gasteiger partial charge in [-0.15, -0.1) is 0 Å². The molecule has 3 aromatic rings. The highest BCUT2D eigenvalue weighted by Gasteiger charge is 2.47. The van der Waals surface area contributed by atoms with Crippen molar-refractivity contribution in [3.05, 3.63) is 87.9 Å². The van der Waals surface area contributed by atoms with E-state index in [1.165, 1.54) is 11.0 Å². The van der Waals surface area contributed by atoms with E-state index in [1.807, 2.05) is 6.92 Å². The molecule has 7 nitrogen and oxygen atoms in total. The molecule has 1 aliphatic heterocycles. The molecule has 0 radical (unpaired) electrons. The Morgan fingerprint density at radius 2 is 1.75 bits per heavy atom. The number of hydrogen-bond acceptors (Lipinski definition) is 6. The molecule has 0 bridgehead atoms. The minimum Gasteiger partial charge on any atom is -0.507 e. The lowest BCUT2D eigenvalue weighted by molar-refractivity contribution is -0.132. The summed E-state index contributed by atoms with van der Waals surface area (Å²) in [7, 11) is 0. The zero-order valence-corrected chi connectivity index (χ0v) is 20.9.